The smallest absolute Gasteiger partial charge is 0.257 e. The monoisotopic (exact) mass is 480 g/mol. The summed E-state index contributed by atoms with van der Waals surface area (Å²) in [6, 6.07) is 10.0. The Bertz CT molecular complexity index is 961. The van der Waals surface area contributed by atoms with E-state index in [1.807, 2.05) is 4.90 Å². The molecule has 0 saturated carbocycles. The van der Waals surface area contributed by atoms with Crippen molar-refractivity contribution in [3.8, 4) is 17.2 Å². The molecule has 1 fully saturated rings. The first kappa shape index (κ1) is 24.0. The standard InChI is InChI=1S/C23H26Cl2N2O5/c1-30-20-5-3-16(11-21(20)31-2)23(29)27-9-7-15(8-10-27)13-26-22(28)14-32-19-6-4-17(24)12-18(19)25/h3-6,11-12,15H,7-10,13-14H2,1-2H3,(H,26,28). The molecule has 2 amide bonds. The van der Waals surface area contributed by atoms with Crippen LogP contribution in [0.25, 0.3) is 0 Å². The third kappa shape index (κ3) is 6.20. The van der Waals surface area contributed by atoms with Crippen LogP contribution in [0.4, 0.5) is 0 Å². The third-order valence-electron chi connectivity index (χ3n) is 5.37. The highest BCUT2D eigenvalue weighted by atomic mass is 35.5. The van der Waals surface area contributed by atoms with Crippen molar-refractivity contribution in [2.75, 3.05) is 40.5 Å². The van der Waals surface area contributed by atoms with E-state index >= 15 is 0 Å². The lowest BCUT2D eigenvalue weighted by atomic mass is 9.96. The van der Waals surface area contributed by atoms with Gasteiger partial charge in [0.05, 0.1) is 19.2 Å². The molecule has 32 heavy (non-hydrogen) atoms. The van der Waals surface area contributed by atoms with Crippen LogP contribution in [0, 0.1) is 5.92 Å². The van der Waals surface area contributed by atoms with E-state index in [4.69, 9.17) is 37.4 Å². The van der Waals surface area contributed by atoms with Gasteiger partial charge in [-0.15, -0.1) is 0 Å². The number of nitrogens with zero attached hydrogens (tertiary/aromatic N) is 1. The van der Waals surface area contributed by atoms with E-state index in [9.17, 15) is 9.59 Å². The van der Waals surface area contributed by atoms with Crippen molar-refractivity contribution < 1.29 is 23.8 Å². The minimum Gasteiger partial charge on any atom is -0.493 e. The Morgan fingerprint density at radius 1 is 1.00 bits per heavy atom. The Hall–Kier alpha value is -2.64. The number of hydrogen-bond acceptors (Lipinski definition) is 5. The molecule has 172 valence electrons. The van der Waals surface area contributed by atoms with Gasteiger partial charge in [0.25, 0.3) is 11.8 Å². The molecule has 7 nitrogen and oxygen atoms in total. The maximum absolute atomic E-state index is 12.8. The van der Waals surface area contributed by atoms with Gasteiger partial charge in [0.1, 0.15) is 5.75 Å². The lowest BCUT2D eigenvalue weighted by Gasteiger charge is -2.32. The molecule has 2 aromatic rings. The molecule has 1 heterocycles. The lowest BCUT2D eigenvalue weighted by molar-refractivity contribution is -0.123. The number of methoxy groups -OCH3 is 2. The predicted octanol–water partition coefficient (Wildman–Crippen LogP) is 4.06. The number of ether oxygens (including phenoxy) is 3. The van der Waals surface area contributed by atoms with Gasteiger partial charge in [0.2, 0.25) is 0 Å². The van der Waals surface area contributed by atoms with Gasteiger partial charge in [-0.3, -0.25) is 9.59 Å². The molecule has 2 aromatic carbocycles. The van der Waals surface area contributed by atoms with Crippen molar-refractivity contribution in [3.05, 3.63) is 52.0 Å². The molecule has 1 saturated heterocycles. The van der Waals surface area contributed by atoms with Gasteiger partial charge in [-0.2, -0.15) is 0 Å². The summed E-state index contributed by atoms with van der Waals surface area (Å²) >= 11 is 11.9. The summed E-state index contributed by atoms with van der Waals surface area (Å²) in [4.78, 5) is 26.8. The summed E-state index contributed by atoms with van der Waals surface area (Å²) in [6.45, 7) is 1.67. The zero-order valence-corrected chi connectivity index (χ0v) is 19.5. The Morgan fingerprint density at radius 2 is 1.69 bits per heavy atom. The number of benzene rings is 2. The first-order valence-corrected chi connectivity index (χ1v) is 11.0. The van der Waals surface area contributed by atoms with Crippen LogP contribution in [0.2, 0.25) is 10.0 Å². The van der Waals surface area contributed by atoms with E-state index in [2.05, 4.69) is 5.32 Å². The maximum atomic E-state index is 12.8. The van der Waals surface area contributed by atoms with Gasteiger partial charge in [-0.25, -0.2) is 0 Å². The van der Waals surface area contributed by atoms with Crippen molar-refractivity contribution >= 4 is 35.0 Å². The summed E-state index contributed by atoms with van der Waals surface area (Å²) in [7, 11) is 3.10. The summed E-state index contributed by atoms with van der Waals surface area (Å²) in [5.74, 6) is 1.56. The number of halogens is 2. The molecule has 9 heteroatoms. The summed E-state index contributed by atoms with van der Waals surface area (Å²) in [6.07, 6.45) is 1.62. The molecule has 0 bridgehead atoms. The maximum Gasteiger partial charge on any atom is 0.257 e. The van der Waals surface area contributed by atoms with Crippen molar-refractivity contribution in [2.45, 2.75) is 12.8 Å². The van der Waals surface area contributed by atoms with Crippen molar-refractivity contribution in [1.82, 2.24) is 10.2 Å². The SMILES string of the molecule is COc1ccc(C(=O)N2CCC(CNC(=O)COc3ccc(Cl)cc3Cl)CC2)cc1OC. The second-order valence-corrected chi connectivity index (χ2v) is 8.32. The Balaban J connectivity index is 1.42. The van der Waals surface area contributed by atoms with E-state index in [1.165, 1.54) is 0 Å². The molecule has 1 N–H and O–H groups in total. The molecular formula is C23H26Cl2N2O5. The van der Waals surface area contributed by atoms with Gasteiger partial charge >= 0.3 is 0 Å². The third-order valence-corrected chi connectivity index (χ3v) is 5.90. The predicted molar refractivity (Wildman–Crippen MR) is 123 cm³/mol. The minimum atomic E-state index is -0.222. The molecule has 0 aliphatic carbocycles. The normalized spacial score (nSPS) is 14.1. The Kier molecular flexibility index (Phi) is 8.47. The highest BCUT2D eigenvalue weighted by molar-refractivity contribution is 6.35. The van der Waals surface area contributed by atoms with Gasteiger partial charge in [0, 0.05) is 30.2 Å². The molecule has 1 aliphatic heterocycles. The van der Waals surface area contributed by atoms with Crippen LogP contribution in [0.15, 0.2) is 36.4 Å². The molecule has 0 spiro atoms. The highest BCUT2D eigenvalue weighted by Gasteiger charge is 2.24. The number of likely N-dealkylation sites (tertiary alicyclic amines) is 1. The van der Waals surface area contributed by atoms with Gasteiger partial charge in [-0.1, -0.05) is 23.2 Å². The molecule has 0 atom stereocenters. The summed E-state index contributed by atoms with van der Waals surface area (Å²) in [5.41, 5.74) is 0.562. The number of amides is 2. The van der Waals surface area contributed by atoms with E-state index < -0.39 is 0 Å². The van der Waals surface area contributed by atoms with Gasteiger partial charge in [-0.05, 0) is 55.2 Å². The topological polar surface area (TPSA) is 77.1 Å². The average molecular weight is 481 g/mol. The fraction of sp³-hybridized carbons (Fsp3) is 0.391. The number of piperidine rings is 1. The van der Waals surface area contributed by atoms with Crippen molar-refractivity contribution in [2.24, 2.45) is 5.92 Å². The molecule has 1 aliphatic rings. The van der Waals surface area contributed by atoms with Crippen LogP contribution in [0.3, 0.4) is 0 Å². The fourth-order valence-corrected chi connectivity index (χ4v) is 4.00. The largest absolute Gasteiger partial charge is 0.493 e. The van der Waals surface area contributed by atoms with Crippen molar-refractivity contribution in [3.63, 3.8) is 0 Å². The zero-order valence-electron chi connectivity index (χ0n) is 18.0. The van der Waals surface area contributed by atoms with E-state index in [1.54, 1.807) is 50.6 Å². The van der Waals surface area contributed by atoms with Gasteiger partial charge in [0.15, 0.2) is 18.1 Å². The number of carbonyl (C=O) groups is 2. The number of rotatable bonds is 8. The van der Waals surface area contributed by atoms with Crippen molar-refractivity contribution in [1.29, 1.82) is 0 Å². The molecule has 0 unspecified atom stereocenters. The number of nitrogens with one attached hydrogen (secondary N) is 1. The Morgan fingerprint density at radius 3 is 2.34 bits per heavy atom. The fourth-order valence-electron chi connectivity index (χ4n) is 3.54. The van der Waals surface area contributed by atoms with E-state index in [0.29, 0.717) is 58.4 Å². The van der Waals surface area contributed by atoms with E-state index in [0.717, 1.165) is 12.8 Å². The summed E-state index contributed by atoms with van der Waals surface area (Å²) < 4.78 is 16.0. The minimum absolute atomic E-state index is 0.0401. The molecule has 0 radical (unpaired) electrons. The van der Waals surface area contributed by atoms with Crippen LogP contribution in [-0.2, 0) is 4.79 Å². The van der Waals surface area contributed by atoms with Crippen LogP contribution in [0.1, 0.15) is 23.2 Å². The average Bonchev–Trinajstić information content (AvgIpc) is 2.81. The highest BCUT2D eigenvalue weighted by Crippen LogP contribution is 2.29. The molecule has 3 rings (SSSR count). The number of carbonyl (C=O) groups excluding carboxylic acids is 2. The second-order valence-electron chi connectivity index (χ2n) is 7.47. The Labute approximate surface area is 197 Å². The number of hydrogen-bond donors (Lipinski definition) is 1. The van der Waals surface area contributed by atoms with Crippen LogP contribution < -0.4 is 19.5 Å². The van der Waals surface area contributed by atoms with Crippen LogP contribution >= 0.6 is 23.2 Å². The first-order valence-electron chi connectivity index (χ1n) is 10.3. The van der Waals surface area contributed by atoms with Crippen LogP contribution in [0.5, 0.6) is 17.2 Å². The summed E-state index contributed by atoms with van der Waals surface area (Å²) in [5, 5.41) is 3.75. The zero-order chi connectivity index (χ0) is 23.1. The van der Waals surface area contributed by atoms with E-state index in [-0.39, 0.29) is 18.4 Å². The second kappa shape index (κ2) is 11.3. The van der Waals surface area contributed by atoms with Crippen LogP contribution in [-0.4, -0.2) is 57.2 Å². The molecular weight excluding hydrogens is 455 g/mol. The first-order chi connectivity index (χ1) is 15.4. The molecule has 0 aromatic heterocycles. The quantitative estimate of drug-likeness (QED) is 0.616. The lowest BCUT2D eigenvalue weighted by Crippen LogP contribution is -2.42. The van der Waals surface area contributed by atoms with Gasteiger partial charge < -0.3 is 24.4 Å².